The summed E-state index contributed by atoms with van der Waals surface area (Å²) in [6, 6.07) is 5.00. The number of imidazole rings is 1. The van der Waals surface area contributed by atoms with Crippen LogP contribution in [0, 0.1) is 0 Å². The van der Waals surface area contributed by atoms with Crippen LogP contribution in [-0.2, 0) is 6.54 Å². The number of hydrogen-bond donors (Lipinski definition) is 1. The molecule has 136 valence electrons. The van der Waals surface area contributed by atoms with Crippen LogP contribution in [0.5, 0.6) is 11.5 Å². The number of nitrogens with one attached hydrogen (secondary N) is 1. The second kappa shape index (κ2) is 7.72. The maximum absolute atomic E-state index is 12.7. The molecule has 1 aromatic heterocycles. The molecule has 0 bridgehead atoms. The third kappa shape index (κ3) is 4.41. The van der Waals surface area contributed by atoms with Crippen LogP contribution >= 0.6 is 0 Å². The number of aromatic amines is 1. The number of aromatic nitrogens is 2. The topological polar surface area (TPSA) is 56.2 Å². The molecule has 1 unspecified atom stereocenters. The highest BCUT2D eigenvalue weighted by molar-refractivity contribution is 5.44. The second-order valence-corrected chi connectivity index (χ2v) is 6.43. The first-order valence-corrected chi connectivity index (χ1v) is 8.52. The van der Waals surface area contributed by atoms with Crippen molar-refractivity contribution >= 4 is 0 Å². The summed E-state index contributed by atoms with van der Waals surface area (Å²) >= 11 is 0. The van der Waals surface area contributed by atoms with Gasteiger partial charge in [-0.2, -0.15) is 8.78 Å². The molecule has 3 rings (SSSR count). The van der Waals surface area contributed by atoms with E-state index in [2.05, 4.69) is 9.72 Å². The van der Waals surface area contributed by atoms with E-state index < -0.39 is 6.61 Å². The molecule has 0 saturated heterocycles. The largest absolute Gasteiger partial charge is 0.487 e. The van der Waals surface area contributed by atoms with Crippen LogP contribution in [0.2, 0.25) is 0 Å². The van der Waals surface area contributed by atoms with Gasteiger partial charge in [-0.05, 0) is 49.3 Å². The fraction of sp³-hybridized carbons (Fsp3) is 0.500. The zero-order chi connectivity index (χ0) is 17.8. The van der Waals surface area contributed by atoms with Crippen molar-refractivity contribution in [1.82, 2.24) is 9.55 Å². The predicted molar refractivity (Wildman–Crippen MR) is 89.4 cm³/mol. The number of ether oxygens (including phenoxy) is 2. The van der Waals surface area contributed by atoms with E-state index in [1.807, 2.05) is 6.92 Å². The first-order valence-electron chi connectivity index (χ1n) is 8.52. The van der Waals surface area contributed by atoms with Crippen LogP contribution in [0.15, 0.2) is 35.4 Å². The number of hydrogen-bond acceptors (Lipinski definition) is 3. The summed E-state index contributed by atoms with van der Waals surface area (Å²) in [5, 5.41) is 0. The minimum absolute atomic E-state index is 0.0139. The molecule has 7 heteroatoms. The number of benzene rings is 1. The molecular formula is C18H22F2N2O3. The number of alkyl halides is 2. The Morgan fingerprint density at radius 1 is 1.28 bits per heavy atom. The SMILES string of the molecule is CC(Cn1cc[nH]c1=O)c1ccc(OC(F)F)c(OC2CCCC2)c1. The quantitative estimate of drug-likeness (QED) is 0.822. The van der Waals surface area contributed by atoms with Gasteiger partial charge in [-0.1, -0.05) is 13.0 Å². The van der Waals surface area contributed by atoms with Crippen molar-refractivity contribution in [2.75, 3.05) is 0 Å². The molecular weight excluding hydrogens is 330 g/mol. The van der Waals surface area contributed by atoms with Crippen molar-refractivity contribution in [2.24, 2.45) is 0 Å². The highest BCUT2D eigenvalue weighted by Crippen LogP contribution is 2.35. The van der Waals surface area contributed by atoms with Crippen LogP contribution in [0.4, 0.5) is 8.78 Å². The average Bonchev–Trinajstić information content (AvgIpc) is 3.21. The smallest absolute Gasteiger partial charge is 0.387 e. The molecule has 0 aliphatic heterocycles. The zero-order valence-electron chi connectivity index (χ0n) is 14.1. The fourth-order valence-corrected chi connectivity index (χ4v) is 3.20. The van der Waals surface area contributed by atoms with E-state index in [9.17, 15) is 13.6 Å². The van der Waals surface area contributed by atoms with Crippen LogP contribution in [0.1, 0.15) is 44.1 Å². The summed E-state index contributed by atoms with van der Waals surface area (Å²) in [6.45, 7) is -0.435. The van der Waals surface area contributed by atoms with Crippen molar-refractivity contribution in [3.8, 4) is 11.5 Å². The lowest BCUT2D eigenvalue weighted by molar-refractivity contribution is -0.0520. The van der Waals surface area contributed by atoms with Crippen molar-refractivity contribution < 1.29 is 18.3 Å². The van der Waals surface area contributed by atoms with E-state index in [4.69, 9.17) is 4.74 Å². The molecule has 0 spiro atoms. The van der Waals surface area contributed by atoms with Crippen molar-refractivity contribution in [1.29, 1.82) is 0 Å². The molecule has 0 radical (unpaired) electrons. The minimum Gasteiger partial charge on any atom is -0.487 e. The van der Waals surface area contributed by atoms with Crippen molar-refractivity contribution in [3.63, 3.8) is 0 Å². The number of nitrogens with zero attached hydrogens (tertiary/aromatic N) is 1. The molecule has 1 aliphatic rings. The van der Waals surface area contributed by atoms with E-state index >= 15 is 0 Å². The lowest BCUT2D eigenvalue weighted by Gasteiger charge is -2.19. The number of halogens is 2. The van der Waals surface area contributed by atoms with Gasteiger partial charge in [0.15, 0.2) is 11.5 Å². The standard InChI is InChI=1S/C18H22F2N2O3/c1-12(11-22-9-8-21-18(22)23)13-6-7-15(25-17(19)20)16(10-13)24-14-4-2-3-5-14/h6-10,12,14,17H,2-5,11H2,1H3,(H,21,23). The lowest BCUT2D eigenvalue weighted by Crippen LogP contribution is -2.19. The molecule has 1 N–H and O–H groups in total. The molecule has 1 aromatic carbocycles. The molecule has 1 saturated carbocycles. The van der Waals surface area contributed by atoms with Crippen molar-refractivity contribution in [3.05, 3.63) is 46.6 Å². The van der Waals surface area contributed by atoms with Crippen LogP contribution in [0.25, 0.3) is 0 Å². The van der Waals surface area contributed by atoms with Gasteiger partial charge in [-0.15, -0.1) is 0 Å². The van der Waals surface area contributed by atoms with E-state index in [0.717, 1.165) is 31.2 Å². The van der Waals surface area contributed by atoms with Gasteiger partial charge in [-0.3, -0.25) is 4.57 Å². The van der Waals surface area contributed by atoms with Gasteiger partial charge >= 0.3 is 12.3 Å². The molecule has 5 nitrogen and oxygen atoms in total. The third-order valence-corrected chi connectivity index (χ3v) is 4.54. The van der Waals surface area contributed by atoms with E-state index in [1.54, 1.807) is 29.1 Å². The van der Waals surface area contributed by atoms with Gasteiger partial charge in [0.1, 0.15) is 0 Å². The Bertz CT molecular complexity index is 751. The monoisotopic (exact) mass is 352 g/mol. The highest BCUT2D eigenvalue weighted by Gasteiger charge is 2.21. The Balaban J connectivity index is 1.81. The van der Waals surface area contributed by atoms with Gasteiger partial charge in [-0.25, -0.2) is 4.79 Å². The van der Waals surface area contributed by atoms with Gasteiger partial charge in [0.05, 0.1) is 6.10 Å². The first kappa shape index (κ1) is 17.5. The average molecular weight is 352 g/mol. The third-order valence-electron chi connectivity index (χ3n) is 4.54. The summed E-state index contributed by atoms with van der Waals surface area (Å²) in [6.07, 6.45) is 7.33. The minimum atomic E-state index is -2.90. The molecule has 25 heavy (non-hydrogen) atoms. The fourth-order valence-electron chi connectivity index (χ4n) is 3.20. The Morgan fingerprint density at radius 2 is 2.04 bits per heavy atom. The number of H-pyrrole nitrogens is 1. The Labute approximate surface area is 144 Å². The number of rotatable bonds is 7. The molecule has 2 aromatic rings. The summed E-state index contributed by atoms with van der Waals surface area (Å²) in [7, 11) is 0. The van der Waals surface area contributed by atoms with Gasteiger partial charge in [0.2, 0.25) is 0 Å². The van der Waals surface area contributed by atoms with Crippen LogP contribution < -0.4 is 15.2 Å². The first-order chi connectivity index (χ1) is 12.0. The molecule has 1 aliphatic carbocycles. The van der Waals surface area contributed by atoms with E-state index in [1.165, 1.54) is 6.07 Å². The maximum Gasteiger partial charge on any atom is 0.387 e. The van der Waals surface area contributed by atoms with Gasteiger partial charge < -0.3 is 14.5 Å². The summed E-state index contributed by atoms with van der Waals surface area (Å²) < 4.78 is 37.4. The Hall–Kier alpha value is -2.31. The summed E-state index contributed by atoms with van der Waals surface area (Å²) in [5.74, 6) is 0.412. The van der Waals surface area contributed by atoms with Crippen molar-refractivity contribution in [2.45, 2.75) is 57.8 Å². The Morgan fingerprint density at radius 3 is 2.68 bits per heavy atom. The zero-order valence-corrected chi connectivity index (χ0v) is 14.1. The molecule has 1 atom stereocenters. The van der Waals surface area contributed by atoms with E-state index in [-0.39, 0.29) is 23.5 Å². The second-order valence-electron chi connectivity index (χ2n) is 6.43. The van der Waals surface area contributed by atoms with Crippen LogP contribution in [0.3, 0.4) is 0 Å². The highest BCUT2D eigenvalue weighted by atomic mass is 19.3. The van der Waals surface area contributed by atoms with Gasteiger partial charge in [0, 0.05) is 18.9 Å². The normalized spacial score (nSPS) is 16.3. The molecule has 1 fully saturated rings. The van der Waals surface area contributed by atoms with Crippen LogP contribution in [-0.4, -0.2) is 22.3 Å². The maximum atomic E-state index is 12.7. The summed E-state index contributed by atoms with van der Waals surface area (Å²) in [4.78, 5) is 14.2. The molecule has 1 heterocycles. The van der Waals surface area contributed by atoms with Gasteiger partial charge in [0.25, 0.3) is 0 Å². The molecule has 0 amide bonds. The lowest BCUT2D eigenvalue weighted by atomic mass is 10.0. The Kier molecular flexibility index (Phi) is 5.40. The predicted octanol–water partition coefficient (Wildman–Crippen LogP) is 3.90. The van der Waals surface area contributed by atoms with E-state index in [0.29, 0.717) is 12.3 Å². The summed E-state index contributed by atoms with van der Waals surface area (Å²) in [5.41, 5.74) is 0.731.